The van der Waals surface area contributed by atoms with Gasteiger partial charge in [-0.3, -0.25) is 0 Å². The molecule has 0 bridgehead atoms. The molecular formula is C7H9N. The molecule has 0 fully saturated rings. The molecule has 1 heteroatoms. The van der Waals surface area contributed by atoms with E-state index in [2.05, 4.69) is 0 Å². The van der Waals surface area contributed by atoms with Crippen LogP contribution in [0.15, 0.2) is 24.2 Å². The first-order valence-electron chi connectivity index (χ1n) is 6.37. The highest BCUT2D eigenvalue weighted by molar-refractivity contribution is 5.44. The van der Waals surface area contributed by atoms with Gasteiger partial charge in [-0.2, -0.15) is 0 Å². The Labute approximate surface area is 61.9 Å². The molecule has 0 saturated carbocycles. The molecule has 0 aromatic heterocycles. The summed E-state index contributed by atoms with van der Waals surface area (Å²) in [7, 11) is 0. The van der Waals surface area contributed by atoms with E-state index >= 15 is 0 Å². The first kappa shape index (κ1) is 0.991. The Morgan fingerprint density at radius 2 is 2.62 bits per heavy atom. The maximum absolute atomic E-state index is 7.48. The Morgan fingerprint density at radius 1 is 1.75 bits per heavy atom. The molecule has 0 radical (unpaired) electrons. The molecular weight excluding hydrogens is 98.1 g/mol. The molecule has 0 saturated heterocycles. The average molecular weight is 116 g/mol. The van der Waals surface area contributed by atoms with Crippen molar-refractivity contribution in [3.8, 4) is 0 Å². The summed E-state index contributed by atoms with van der Waals surface area (Å²) in [6.45, 7) is -2.81. The molecule has 0 aliphatic rings. The number of benzene rings is 1. The Kier molecular flexibility index (Phi) is 0.231. The van der Waals surface area contributed by atoms with Crippen LogP contribution in [0.4, 0.5) is 5.69 Å². The Hall–Kier alpha value is -0.980. The number of nitrogen functional groups attached to an aromatic ring is 1. The Balaban J connectivity index is 3.79. The van der Waals surface area contributed by atoms with Gasteiger partial charge >= 0.3 is 0 Å². The quantitative estimate of drug-likeness (QED) is 0.554. The van der Waals surface area contributed by atoms with Crippen molar-refractivity contribution in [2.24, 2.45) is 0 Å². The van der Waals surface area contributed by atoms with Crippen molar-refractivity contribution in [2.75, 3.05) is 5.72 Å². The highest BCUT2D eigenvalue weighted by Crippen LogP contribution is 2.06. The standard InChI is InChI=1S/C7H9N/c1-6-4-2-3-5-7(6)8/h2-5H,8H2,1H3/i1D3,2D,3D,4D,5D/hD2. The summed E-state index contributed by atoms with van der Waals surface area (Å²) in [5, 5.41) is 0. The van der Waals surface area contributed by atoms with E-state index in [1.807, 2.05) is 0 Å². The number of rotatable bonds is 1. The molecule has 42 valence electrons. The van der Waals surface area contributed by atoms with Crippen molar-refractivity contribution >= 4 is 5.69 Å². The zero-order valence-electron chi connectivity index (χ0n) is 12.9. The van der Waals surface area contributed by atoms with Gasteiger partial charge in [0.1, 0.15) is 0 Å². The predicted octanol–water partition coefficient (Wildman–Crippen LogP) is 1.58. The molecule has 1 nitrogen and oxygen atoms in total. The summed E-state index contributed by atoms with van der Waals surface area (Å²) in [6.07, 6.45) is 0. The van der Waals surface area contributed by atoms with Crippen LogP contribution >= 0.6 is 0 Å². The fourth-order valence-electron chi connectivity index (χ4n) is 0.306. The van der Waals surface area contributed by atoms with Crippen LogP contribution in [0, 0.1) is 6.85 Å². The van der Waals surface area contributed by atoms with Gasteiger partial charge in [-0.1, -0.05) is 18.1 Å². The van der Waals surface area contributed by atoms with Crippen LogP contribution in [0.1, 0.15) is 15.2 Å². The molecule has 1 aromatic rings. The fourth-order valence-corrected chi connectivity index (χ4v) is 0.306. The minimum absolute atomic E-state index is 0.112. The molecule has 2 N–H and O–H groups in total. The molecule has 1 rings (SSSR count). The Bertz CT molecular complexity index is 450. The lowest BCUT2D eigenvalue weighted by atomic mass is 10.2. The largest absolute Gasteiger partial charge is 0.399 e. The van der Waals surface area contributed by atoms with E-state index in [0.717, 1.165) is 0 Å². The van der Waals surface area contributed by atoms with E-state index in [1.54, 1.807) is 0 Å². The second kappa shape index (κ2) is 1.86. The molecule has 0 spiro atoms. The van der Waals surface area contributed by atoms with Crippen LogP contribution in [-0.4, -0.2) is 0 Å². The molecule has 0 aliphatic heterocycles. The lowest BCUT2D eigenvalue weighted by Gasteiger charge is -1.93. The van der Waals surface area contributed by atoms with E-state index in [9.17, 15) is 0 Å². The SMILES string of the molecule is [2H]c1c([2H])c([2H])c(C([2H])([2H])[2H])c(N([2H])[2H])c1[2H]. The minimum atomic E-state index is -2.81. The average Bonchev–Trinajstić information content (AvgIpc) is 2.17. The summed E-state index contributed by atoms with van der Waals surface area (Å²) in [6, 6.07) is -2.80. The third-order valence-electron chi connectivity index (χ3n) is 0.668. The Morgan fingerprint density at radius 3 is 3.38 bits per heavy atom. The van der Waals surface area contributed by atoms with Gasteiger partial charge in [0.2, 0.25) is 0 Å². The number of hydrogen-bond donors (Lipinski definition) is 1. The maximum Gasteiger partial charge on any atom is 0.156 e. The molecule has 1 aromatic carbocycles. The summed E-state index contributed by atoms with van der Waals surface area (Å²) in [4.78, 5) is 0. The van der Waals surface area contributed by atoms with Crippen molar-refractivity contribution < 1.29 is 12.4 Å². The fraction of sp³-hybridized carbons (Fsp3) is 0.143. The third kappa shape index (κ3) is 0.808. The van der Waals surface area contributed by atoms with Gasteiger partial charge in [0.05, 0.1) is 5.48 Å². The van der Waals surface area contributed by atoms with Gasteiger partial charge in [0.15, 0.2) is 2.82 Å². The van der Waals surface area contributed by atoms with Gasteiger partial charge in [0.25, 0.3) is 0 Å². The number of nitrogens with two attached hydrogens (primary N) is 1. The maximum atomic E-state index is 7.48. The van der Waals surface area contributed by atoms with E-state index in [1.165, 1.54) is 0 Å². The van der Waals surface area contributed by atoms with Gasteiger partial charge in [-0.05, 0) is 18.5 Å². The lowest BCUT2D eigenvalue weighted by Crippen LogP contribution is -1.85. The normalized spacial score (nSPS) is 26.2. The van der Waals surface area contributed by atoms with Crippen LogP contribution < -0.4 is 5.72 Å². The number of para-hydroxylation sites is 1. The molecule has 0 aliphatic carbocycles. The van der Waals surface area contributed by atoms with E-state index in [4.69, 9.17) is 12.4 Å². The second-order valence-electron chi connectivity index (χ2n) is 1.22. The van der Waals surface area contributed by atoms with Crippen LogP contribution in [0.5, 0.6) is 0 Å². The first-order chi connectivity index (χ1) is 7.59. The van der Waals surface area contributed by atoms with Crippen LogP contribution in [0.3, 0.4) is 0 Å². The molecule has 8 heavy (non-hydrogen) atoms. The lowest BCUT2D eigenvalue weighted by molar-refractivity contribution is 1.47. The molecule has 0 unspecified atom stereocenters. The highest BCUT2D eigenvalue weighted by atomic mass is 14.5. The third-order valence-corrected chi connectivity index (χ3v) is 0.668. The molecule has 0 atom stereocenters. The van der Waals surface area contributed by atoms with Crippen molar-refractivity contribution in [1.82, 2.24) is 0 Å². The smallest absolute Gasteiger partial charge is 0.156 e. The van der Waals surface area contributed by atoms with Gasteiger partial charge in [-0.15, -0.1) is 0 Å². The zero-order valence-corrected chi connectivity index (χ0v) is 3.95. The van der Waals surface area contributed by atoms with Gasteiger partial charge in [0, 0.05) is 9.80 Å². The van der Waals surface area contributed by atoms with Gasteiger partial charge < -0.3 is 5.72 Å². The predicted molar refractivity (Wildman–Crippen MR) is 35.6 cm³/mol. The van der Waals surface area contributed by atoms with Crippen molar-refractivity contribution in [2.45, 2.75) is 6.85 Å². The van der Waals surface area contributed by atoms with E-state index in [0.29, 0.717) is 0 Å². The van der Waals surface area contributed by atoms with Crippen molar-refractivity contribution in [3.63, 3.8) is 0 Å². The highest BCUT2D eigenvalue weighted by Gasteiger charge is 1.84. The summed E-state index contributed by atoms with van der Waals surface area (Å²) < 4.78 is 65.3. The van der Waals surface area contributed by atoms with E-state index in [-0.39, 0.29) is 5.72 Å². The second-order valence-corrected chi connectivity index (χ2v) is 1.22. The zero-order chi connectivity index (χ0) is 13.5. The van der Waals surface area contributed by atoms with E-state index < -0.39 is 42.3 Å². The molecule has 0 amide bonds. The minimum Gasteiger partial charge on any atom is -0.399 e. The number of anilines is 1. The molecule has 0 heterocycles. The number of hydrogen-bond acceptors (Lipinski definition) is 1. The summed E-state index contributed by atoms with van der Waals surface area (Å²) in [5.74, 6) is 0. The first-order valence-corrected chi connectivity index (χ1v) is 1.97. The van der Waals surface area contributed by atoms with Crippen molar-refractivity contribution in [3.05, 3.63) is 29.7 Å². The topological polar surface area (TPSA) is 26.0 Å². The van der Waals surface area contributed by atoms with Crippen molar-refractivity contribution in [1.29, 1.82) is 0 Å². The van der Waals surface area contributed by atoms with Crippen LogP contribution in [0.2, 0.25) is 2.82 Å². The van der Waals surface area contributed by atoms with Crippen LogP contribution in [-0.2, 0) is 0 Å². The van der Waals surface area contributed by atoms with Crippen LogP contribution in [0.25, 0.3) is 0 Å². The summed E-state index contributed by atoms with van der Waals surface area (Å²) >= 11 is 0. The van der Waals surface area contributed by atoms with Gasteiger partial charge in [-0.25, -0.2) is 0 Å². The monoisotopic (exact) mass is 116 g/mol. The summed E-state index contributed by atoms with van der Waals surface area (Å²) in [5.41, 5.74) is -1.48.